The zero-order chi connectivity index (χ0) is 14.4. The molecular formula is C15H25N3OS. The predicted octanol–water partition coefficient (Wildman–Crippen LogP) is 2.34. The van der Waals surface area contributed by atoms with Crippen molar-refractivity contribution in [2.75, 3.05) is 24.6 Å². The van der Waals surface area contributed by atoms with Crippen molar-refractivity contribution < 1.29 is 5.11 Å². The van der Waals surface area contributed by atoms with Gasteiger partial charge in [0, 0.05) is 30.6 Å². The number of aryl methyl sites for hydroxylation is 1. The van der Waals surface area contributed by atoms with E-state index in [4.69, 9.17) is 0 Å². The minimum Gasteiger partial charge on any atom is -0.395 e. The van der Waals surface area contributed by atoms with Crippen LogP contribution < -0.4 is 10.2 Å². The SMILES string of the molecule is C/C=C/CC(CO)NC1CCN(c2nc(C)cs2)CC1. The first-order valence-corrected chi connectivity index (χ1v) is 8.26. The van der Waals surface area contributed by atoms with Crippen LogP contribution in [-0.2, 0) is 0 Å². The van der Waals surface area contributed by atoms with Crippen molar-refractivity contribution >= 4 is 16.5 Å². The summed E-state index contributed by atoms with van der Waals surface area (Å²) in [7, 11) is 0. The quantitative estimate of drug-likeness (QED) is 0.791. The van der Waals surface area contributed by atoms with E-state index in [1.807, 2.05) is 19.9 Å². The third-order valence-corrected chi connectivity index (χ3v) is 4.74. The lowest BCUT2D eigenvalue weighted by Gasteiger charge is -2.34. The summed E-state index contributed by atoms with van der Waals surface area (Å²) in [4.78, 5) is 6.92. The minimum atomic E-state index is 0.185. The zero-order valence-corrected chi connectivity index (χ0v) is 13.2. The molecule has 0 spiro atoms. The summed E-state index contributed by atoms with van der Waals surface area (Å²) < 4.78 is 0. The van der Waals surface area contributed by atoms with E-state index >= 15 is 0 Å². The number of aliphatic hydroxyl groups excluding tert-OH is 1. The Labute approximate surface area is 125 Å². The number of aliphatic hydroxyl groups is 1. The van der Waals surface area contributed by atoms with Crippen LogP contribution in [0.4, 0.5) is 5.13 Å². The van der Waals surface area contributed by atoms with E-state index in [9.17, 15) is 5.11 Å². The smallest absolute Gasteiger partial charge is 0.185 e. The summed E-state index contributed by atoms with van der Waals surface area (Å²) in [6.07, 6.45) is 7.29. The fourth-order valence-electron chi connectivity index (χ4n) is 2.55. The lowest BCUT2D eigenvalue weighted by molar-refractivity contribution is 0.224. The van der Waals surface area contributed by atoms with Crippen molar-refractivity contribution in [1.29, 1.82) is 0 Å². The fourth-order valence-corrected chi connectivity index (χ4v) is 3.41. The number of hydrogen-bond acceptors (Lipinski definition) is 5. The minimum absolute atomic E-state index is 0.185. The summed E-state index contributed by atoms with van der Waals surface area (Å²) in [5, 5.41) is 16.2. The van der Waals surface area contributed by atoms with Crippen molar-refractivity contribution in [3.8, 4) is 0 Å². The van der Waals surface area contributed by atoms with Gasteiger partial charge in [0.2, 0.25) is 0 Å². The highest BCUT2D eigenvalue weighted by Gasteiger charge is 2.22. The van der Waals surface area contributed by atoms with Crippen LogP contribution in [0.15, 0.2) is 17.5 Å². The molecule has 20 heavy (non-hydrogen) atoms. The lowest BCUT2D eigenvalue weighted by Crippen LogP contribution is -2.47. The van der Waals surface area contributed by atoms with Crippen LogP contribution in [0.2, 0.25) is 0 Å². The molecule has 1 atom stereocenters. The first-order valence-electron chi connectivity index (χ1n) is 7.38. The Bertz CT molecular complexity index is 425. The Morgan fingerprint density at radius 2 is 2.30 bits per heavy atom. The number of hydrogen-bond donors (Lipinski definition) is 2. The standard InChI is InChI=1S/C15H25N3OS/c1-3-4-5-14(10-19)17-13-6-8-18(9-7-13)15-16-12(2)11-20-15/h3-4,11,13-14,17,19H,5-10H2,1-2H3/b4-3+. The Balaban J connectivity index is 1.78. The molecule has 0 saturated carbocycles. The van der Waals surface area contributed by atoms with Crippen LogP contribution in [0.5, 0.6) is 0 Å². The molecule has 0 aromatic carbocycles. The van der Waals surface area contributed by atoms with Gasteiger partial charge >= 0.3 is 0 Å². The van der Waals surface area contributed by atoms with E-state index in [0.717, 1.165) is 43.2 Å². The number of allylic oxidation sites excluding steroid dienone is 1. The van der Waals surface area contributed by atoms with Crippen LogP contribution in [0, 0.1) is 6.92 Å². The van der Waals surface area contributed by atoms with E-state index in [0.29, 0.717) is 6.04 Å². The van der Waals surface area contributed by atoms with Crippen molar-refractivity contribution in [3.05, 3.63) is 23.2 Å². The number of rotatable bonds is 6. The molecule has 0 amide bonds. The number of nitrogens with zero attached hydrogens (tertiary/aromatic N) is 2. The summed E-state index contributed by atoms with van der Waals surface area (Å²) in [5.41, 5.74) is 1.11. The second-order valence-corrected chi connectivity index (χ2v) is 6.22. The highest BCUT2D eigenvalue weighted by Crippen LogP contribution is 2.24. The molecule has 1 aliphatic heterocycles. The summed E-state index contributed by atoms with van der Waals surface area (Å²) in [6, 6.07) is 0.694. The normalized spacial score (nSPS) is 18.9. The summed E-state index contributed by atoms with van der Waals surface area (Å²) in [6.45, 7) is 6.36. The van der Waals surface area contributed by atoms with Gasteiger partial charge in [-0.15, -0.1) is 11.3 Å². The molecule has 2 heterocycles. The topological polar surface area (TPSA) is 48.4 Å². The Morgan fingerprint density at radius 3 is 2.85 bits per heavy atom. The number of aromatic nitrogens is 1. The molecule has 0 bridgehead atoms. The monoisotopic (exact) mass is 295 g/mol. The lowest BCUT2D eigenvalue weighted by atomic mass is 10.0. The molecule has 112 valence electrons. The maximum absolute atomic E-state index is 9.40. The van der Waals surface area contributed by atoms with Gasteiger partial charge in [-0.3, -0.25) is 0 Å². The Hall–Kier alpha value is -0.910. The van der Waals surface area contributed by atoms with Gasteiger partial charge in [-0.2, -0.15) is 0 Å². The van der Waals surface area contributed by atoms with Gasteiger partial charge in [0.25, 0.3) is 0 Å². The van der Waals surface area contributed by atoms with E-state index in [1.165, 1.54) is 0 Å². The first-order chi connectivity index (χ1) is 9.72. The zero-order valence-electron chi connectivity index (χ0n) is 12.4. The van der Waals surface area contributed by atoms with Gasteiger partial charge in [0.05, 0.1) is 12.3 Å². The van der Waals surface area contributed by atoms with E-state index in [1.54, 1.807) is 11.3 Å². The number of thiazole rings is 1. The third-order valence-electron chi connectivity index (χ3n) is 3.72. The summed E-state index contributed by atoms with van der Waals surface area (Å²) in [5.74, 6) is 0. The molecule has 4 nitrogen and oxygen atoms in total. The van der Waals surface area contributed by atoms with E-state index in [2.05, 4.69) is 26.7 Å². The van der Waals surface area contributed by atoms with Gasteiger partial charge in [-0.05, 0) is 33.1 Å². The van der Waals surface area contributed by atoms with Crippen molar-refractivity contribution in [2.24, 2.45) is 0 Å². The van der Waals surface area contributed by atoms with Crippen molar-refractivity contribution in [3.63, 3.8) is 0 Å². The predicted molar refractivity (Wildman–Crippen MR) is 85.5 cm³/mol. The highest BCUT2D eigenvalue weighted by molar-refractivity contribution is 7.13. The van der Waals surface area contributed by atoms with Crippen LogP contribution in [0.1, 0.15) is 31.9 Å². The average molecular weight is 295 g/mol. The molecule has 0 radical (unpaired) electrons. The van der Waals surface area contributed by atoms with Crippen LogP contribution in [0.25, 0.3) is 0 Å². The first kappa shape index (κ1) is 15.5. The van der Waals surface area contributed by atoms with Gasteiger partial charge in [-0.1, -0.05) is 12.2 Å². The maximum atomic E-state index is 9.40. The second-order valence-electron chi connectivity index (χ2n) is 5.38. The molecule has 1 saturated heterocycles. The molecule has 5 heteroatoms. The molecule has 1 fully saturated rings. The molecule has 1 aromatic heterocycles. The second kappa shape index (κ2) is 7.76. The number of piperidine rings is 1. The number of anilines is 1. The van der Waals surface area contributed by atoms with Gasteiger partial charge < -0.3 is 15.3 Å². The van der Waals surface area contributed by atoms with Crippen LogP contribution >= 0.6 is 11.3 Å². The average Bonchev–Trinajstić information content (AvgIpc) is 2.90. The van der Waals surface area contributed by atoms with Gasteiger partial charge in [0.1, 0.15) is 0 Å². The molecule has 2 rings (SSSR count). The van der Waals surface area contributed by atoms with Crippen LogP contribution in [0.3, 0.4) is 0 Å². The van der Waals surface area contributed by atoms with Gasteiger partial charge in [0.15, 0.2) is 5.13 Å². The highest BCUT2D eigenvalue weighted by atomic mass is 32.1. The van der Waals surface area contributed by atoms with Crippen molar-refractivity contribution in [2.45, 2.75) is 45.2 Å². The molecule has 1 aliphatic rings. The van der Waals surface area contributed by atoms with Gasteiger partial charge in [-0.25, -0.2) is 4.98 Å². The fraction of sp³-hybridized carbons (Fsp3) is 0.667. The Morgan fingerprint density at radius 1 is 1.55 bits per heavy atom. The molecular weight excluding hydrogens is 270 g/mol. The van der Waals surface area contributed by atoms with Crippen LogP contribution in [-0.4, -0.2) is 41.9 Å². The van der Waals surface area contributed by atoms with Crippen molar-refractivity contribution in [1.82, 2.24) is 10.3 Å². The van der Waals surface area contributed by atoms with E-state index in [-0.39, 0.29) is 12.6 Å². The molecule has 1 aromatic rings. The maximum Gasteiger partial charge on any atom is 0.185 e. The molecule has 2 N–H and O–H groups in total. The largest absolute Gasteiger partial charge is 0.395 e. The molecule has 0 aliphatic carbocycles. The third kappa shape index (κ3) is 4.30. The Kier molecular flexibility index (Phi) is 6.01. The number of nitrogens with one attached hydrogen (secondary N) is 1. The summed E-state index contributed by atoms with van der Waals surface area (Å²) >= 11 is 1.73. The molecule has 1 unspecified atom stereocenters. The van der Waals surface area contributed by atoms with E-state index < -0.39 is 0 Å².